The van der Waals surface area contributed by atoms with Gasteiger partial charge >= 0.3 is 0 Å². The minimum atomic E-state index is -0.824. The fourth-order valence-electron chi connectivity index (χ4n) is 1.00. The van der Waals surface area contributed by atoms with Gasteiger partial charge in [0.1, 0.15) is 0 Å². The molecule has 0 radical (unpaired) electrons. The predicted molar refractivity (Wildman–Crippen MR) is 60.3 cm³/mol. The Bertz CT molecular complexity index is 299. The Morgan fingerprint density at radius 3 is 2.85 bits per heavy atom. The molecule has 0 aliphatic carbocycles. The molecule has 0 heterocycles. The van der Waals surface area contributed by atoms with Gasteiger partial charge in [0.25, 0.3) is 0 Å². The van der Waals surface area contributed by atoms with Gasteiger partial charge in [-0.1, -0.05) is 35.3 Å². The Morgan fingerprint density at radius 1 is 1.46 bits per heavy atom. The highest BCUT2D eigenvalue weighted by atomic mass is 79.9. The highest BCUT2D eigenvalue weighted by Crippen LogP contribution is 2.15. The molecule has 0 aliphatic rings. The van der Waals surface area contributed by atoms with Gasteiger partial charge in [0, 0.05) is 15.1 Å². The minimum absolute atomic E-state index is 0.771. The van der Waals surface area contributed by atoms with Gasteiger partial charge < -0.3 is 0 Å². The summed E-state index contributed by atoms with van der Waals surface area (Å²) in [5, 5.41) is 0. The fraction of sp³-hybridized carbons (Fsp3) is 0.400. The van der Waals surface area contributed by atoms with Crippen molar-refractivity contribution in [3.63, 3.8) is 0 Å². The molecule has 0 saturated heterocycles. The lowest BCUT2D eigenvalue weighted by Gasteiger charge is -2.01. The van der Waals surface area contributed by atoms with E-state index < -0.39 is 10.8 Å². The molecule has 1 nitrogen and oxygen atoms in total. The second-order valence-corrected chi connectivity index (χ2v) is 5.35. The maximum Gasteiger partial charge on any atom is 0.0529 e. The second-order valence-electron chi connectivity index (χ2n) is 2.86. The van der Waals surface area contributed by atoms with Crippen LogP contribution in [-0.4, -0.2) is 9.96 Å². The monoisotopic (exact) mass is 260 g/mol. The lowest BCUT2D eigenvalue weighted by Crippen LogP contribution is -1.97. The number of hydrogen-bond acceptors (Lipinski definition) is 1. The van der Waals surface area contributed by atoms with Gasteiger partial charge in [0.2, 0.25) is 0 Å². The summed E-state index contributed by atoms with van der Waals surface area (Å²) in [6.07, 6.45) is 2.12. The van der Waals surface area contributed by atoms with Gasteiger partial charge in [-0.25, -0.2) is 0 Å². The third-order valence-corrected chi connectivity index (χ3v) is 3.67. The Kier molecular flexibility index (Phi) is 4.67. The van der Waals surface area contributed by atoms with Crippen LogP contribution < -0.4 is 0 Å². The van der Waals surface area contributed by atoms with E-state index in [-0.39, 0.29) is 0 Å². The first-order valence-corrected chi connectivity index (χ1v) is 6.49. The van der Waals surface area contributed by atoms with Crippen LogP contribution in [0.15, 0.2) is 33.6 Å². The van der Waals surface area contributed by atoms with E-state index in [1.807, 2.05) is 24.3 Å². The molecule has 0 bridgehead atoms. The summed E-state index contributed by atoms with van der Waals surface area (Å²) in [7, 11) is -0.824. The van der Waals surface area contributed by atoms with Gasteiger partial charge in [-0.2, -0.15) is 0 Å². The molecule has 0 amide bonds. The molecule has 0 saturated carbocycles. The molecule has 0 aliphatic heterocycles. The van der Waals surface area contributed by atoms with Crippen molar-refractivity contribution in [3.8, 4) is 0 Å². The van der Waals surface area contributed by atoms with Crippen LogP contribution in [0.2, 0.25) is 0 Å². The number of halogens is 1. The van der Waals surface area contributed by atoms with E-state index in [9.17, 15) is 4.21 Å². The van der Waals surface area contributed by atoms with Gasteiger partial charge in [0.15, 0.2) is 0 Å². The van der Waals surface area contributed by atoms with Crippen molar-refractivity contribution in [2.75, 3.05) is 5.75 Å². The highest BCUT2D eigenvalue weighted by Gasteiger charge is 2.02. The standard InChI is InChI=1S/C10H13BrOS/c1-2-3-7-13(12)10-6-4-5-9(11)8-10/h4-6,8H,2-3,7H2,1H3. The van der Waals surface area contributed by atoms with E-state index >= 15 is 0 Å². The van der Waals surface area contributed by atoms with Crippen molar-refractivity contribution in [2.45, 2.75) is 24.7 Å². The van der Waals surface area contributed by atoms with Crippen molar-refractivity contribution in [3.05, 3.63) is 28.7 Å². The third kappa shape index (κ3) is 3.61. The summed E-state index contributed by atoms with van der Waals surface area (Å²) >= 11 is 3.36. The summed E-state index contributed by atoms with van der Waals surface area (Å²) < 4.78 is 12.6. The minimum Gasteiger partial charge on any atom is -0.254 e. The third-order valence-electron chi connectivity index (χ3n) is 1.74. The first-order valence-electron chi connectivity index (χ1n) is 4.38. The van der Waals surface area contributed by atoms with Crippen LogP contribution >= 0.6 is 15.9 Å². The molecule has 0 aromatic heterocycles. The largest absolute Gasteiger partial charge is 0.254 e. The highest BCUT2D eigenvalue weighted by molar-refractivity contribution is 9.10. The zero-order valence-electron chi connectivity index (χ0n) is 7.63. The summed E-state index contributed by atoms with van der Waals surface area (Å²) in [4.78, 5) is 0.919. The van der Waals surface area contributed by atoms with E-state index in [0.29, 0.717) is 0 Å². The molecule has 1 unspecified atom stereocenters. The average molecular weight is 261 g/mol. The van der Waals surface area contributed by atoms with Crippen molar-refractivity contribution in [1.82, 2.24) is 0 Å². The number of benzene rings is 1. The molecular weight excluding hydrogens is 248 g/mol. The maximum absolute atomic E-state index is 11.6. The van der Waals surface area contributed by atoms with Crippen LogP contribution in [0, 0.1) is 0 Å². The van der Waals surface area contributed by atoms with E-state index in [1.165, 1.54) is 0 Å². The lowest BCUT2D eigenvalue weighted by atomic mass is 10.4. The SMILES string of the molecule is CCCCS(=O)c1cccc(Br)c1. The van der Waals surface area contributed by atoms with Crippen LogP contribution in [0.5, 0.6) is 0 Å². The van der Waals surface area contributed by atoms with Crippen LogP contribution in [-0.2, 0) is 10.8 Å². The van der Waals surface area contributed by atoms with Crippen LogP contribution in [0.1, 0.15) is 19.8 Å². The number of hydrogen-bond donors (Lipinski definition) is 0. The van der Waals surface area contributed by atoms with Gasteiger partial charge in [-0.15, -0.1) is 0 Å². The second kappa shape index (κ2) is 5.55. The first-order chi connectivity index (χ1) is 6.24. The normalized spacial score (nSPS) is 12.8. The zero-order chi connectivity index (χ0) is 9.68. The molecule has 1 aromatic carbocycles. The van der Waals surface area contributed by atoms with E-state index in [0.717, 1.165) is 28.0 Å². The van der Waals surface area contributed by atoms with Crippen molar-refractivity contribution < 1.29 is 4.21 Å². The molecule has 0 fully saturated rings. The van der Waals surface area contributed by atoms with Gasteiger partial charge in [0.05, 0.1) is 10.8 Å². The Hall–Kier alpha value is -0.150. The first kappa shape index (κ1) is 10.9. The van der Waals surface area contributed by atoms with E-state index in [1.54, 1.807) is 0 Å². The molecule has 1 rings (SSSR count). The summed E-state index contributed by atoms with van der Waals surface area (Å²) in [6.45, 7) is 2.11. The molecule has 0 N–H and O–H groups in total. The molecular formula is C10H13BrOS. The smallest absolute Gasteiger partial charge is 0.0529 e. The van der Waals surface area contributed by atoms with Crippen molar-refractivity contribution in [2.24, 2.45) is 0 Å². The number of unbranched alkanes of at least 4 members (excludes halogenated alkanes) is 1. The van der Waals surface area contributed by atoms with E-state index in [2.05, 4.69) is 22.9 Å². The maximum atomic E-state index is 11.6. The lowest BCUT2D eigenvalue weighted by molar-refractivity contribution is 0.679. The van der Waals surface area contributed by atoms with Gasteiger partial charge in [-0.05, 0) is 24.6 Å². The topological polar surface area (TPSA) is 17.1 Å². The molecule has 3 heteroatoms. The van der Waals surface area contributed by atoms with E-state index in [4.69, 9.17) is 0 Å². The Balaban J connectivity index is 2.66. The molecule has 13 heavy (non-hydrogen) atoms. The summed E-state index contributed by atoms with van der Waals surface area (Å²) in [5.74, 6) is 0.771. The Labute approximate surface area is 90.1 Å². The molecule has 1 aromatic rings. The van der Waals surface area contributed by atoms with Crippen LogP contribution in [0.25, 0.3) is 0 Å². The molecule has 72 valence electrons. The summed E-state index contributed by atoms with van der Waals surface area (Å²) in [6, 6.07) is 7.70. The quantitative estimate of drug-likeness (QED) is 0.812. The van der Waals surface area contributed by atoms with Gasteiger partial charge in [-0.3, -0.25) is 4.21 Å². The summed E-state index contributed by atoms with van der Waals surface area (Å²) in [5.41, 5.74) is 0. The van der Waals surface area contributed by atoms with Crippen LogP contribution in [0.4, 0.5) is 0 Å². The zero-order valence-corrected chi connectivity index (χ0v) is 10.0. The number of rotatable bonds is 4. The van der Waals surface area contributed by atoms with Crippen molar-refractivity contribution >= 4 is 26.7 Å². The van der Waals surface area contributed by atoms with Crippen molar-refractivity contribution in [1.29, 1.82) is 0 Å². The predicted octanol–water partition coefficient (Wildman–Crippen LogP) is 3.36. The van der Waals surface area contributed by atoms with Crippen LogP contribution in [0.3, 0.4) is 0 Å². The molecule has 1 atom stereocenters. The average Bonchev–Trinajstić information content (AvgIpc) is 2.14. The molecule has 0 spiro atoms. The fourth-order valence-corrected chi connectivity index (χ4v) is 2.83. The Morgan fingerprint density at radius 2 is 2.23 bits per heavy atom.